The first kappa shape index (κ1) is 17.4. The second-order valence-corrected chi connectivity index (χ2v) is 4.97. The van der Waals surface area contributed by atoms with Crippen LogP contribution in [0.4, 0.5) is 20.2 Å². The number of carbonyl (C=O) groups is 2. The van der Waals surface area contributed by atoms with Crippen LogP contribution in [0.2, 0.25) is 0 Å². The Kier molecular flexibility index (Phi) is 5.83. The minimum Gasteiger partial charge on any atom is -0.374 e. The molecule has 0 saturated heterocycles. The van der Waals surface area contributed by atoms with Gasteiger partial charge in [-0.05, 0) is 43.3 Å². The van der Waals surface area contributed by atoms with E-state index < -0.39 is 17.5 Å². The van der Waals surface area contributed by atoms with Gasteiger partial charge < -0.3 is 16.0 Å². The molecule has 24 heavy (non-hydrogen) atoms. The molecule has 0 unspecified atom stereocenters. The lowest BCUT2D eigenvalue weighted by Crippen LogP contribution is -2.24. The summed E-state index contributed by atoms with van der Waals surface area (Å²) in [6, 6.07) is 9.37. The van der Waals surface area contributed by atoms with Crippen LogP contribution in [0.5, 0.6) is 0 Å². The van der Waals surface area contributed by atoms with Crippen molar-refractivity contribution in [3.63, 3.8) is 0 Å². The summed E-state index contributed by atoms with van der Waals surface area (Å²) in [7, 11) is 0. The maximum atomic E-state index is 13.5. The third-order valence-corrected chi connectivity index (χ3v) is 3.11. The molecule has 2 amide bonds. The monoisotopic (exact) mass is 333 g/mol. The molecule has 7 heteroatoms. The Morgan fingerprint density at radius 2 is 1.88 bits per heavy atom. The standard InChI is InChI=1S/C17H17F2N3O2/c1-2-20-17(24)11-4-3-5-13(8-11)22-16(23)10-21-15-9-12(18)6-7-14(15)19/h3-9,21H,2,10H2,1H3,(H,20,24)(H,22,23). The zero-order valence-corrected chi connectivity index (χ0v) is 13.0. The van der Waals surface area contributed by atoms with Gasteiger partial charge in [-0.25, -0.2) is 8.78 Å². The second kappa shape index (κ2) is 8.05. The Morgan fingerprint density at radius 1 is 1.08 bits per heavy atom. The second-order valence-electron chi connectivity index (χ2n) is 4.97. The summed E-state index contributed by atoms with van der Waals surface area (Å²) in [5.74, 6) is -1.95. The van der Waals surface area contributed by atoms with E-state index in [0.29, 0.717) is 17.8 Å². The van der Waals surface area contributed by atoms with Crippen molar-refractivity contribution in [2.45, 2.75) is 6.92 Å². The topological polar surface area (TPSA) is 70.2 Å². The van der Waals surface area contributed by atoms with Gasteiger partial charge in [0.15, 0.2) is 0 Å². The fourth-order valence-corrected chi connectivity index (χ4v) is 2.01. The van der Waals surface area contributed by atoms with Gasteiger partial charge in [-0.3, -0.25) is 9.59 Å². The maximum absolute atomic E-state index is 13.5. The highest BCUT2D eigenvalue weighted by atomic mass is 19.1. The first-order valence-corrected chi connectivity index (χ1v) is 7.36. The summed E-state index contributed by atoms with van der Waals surface area (Å²) in [4.78, 5) is 23.6. The van der Waals surface area contributed by atoms with E-state index in [2.05, 4.69) is 16.0 Å². The lowest BCUT2D eigenvalue weighted by Gasteiger charge is -2.10. The van der Waals surface area contributed by atoms with Crippen molar-refractivity contribution in [3.05, 3.63) is 59.7 Å². The molecule has 126 valence electrons. The number of benzene rings is 2. The molecule has 2 aromatic carbocycles. The summed E-state index contributed by atoms with van der Waals surface area (Å²) >= 11 is 0. The third kappa shape index (κ3) is 4.77. The van der Waals surface area contributed by atoms with E-state index in [0.717, 1.165) is 18.2 Å². The molecule has 3 N–H and O–H groups in total. The van der Waals surface area contributed by atoms with E-state index >= 15 is 0 Å². The van der Waals surface area contributed by atoms with E-state index in [9.17, 15) is 18.4 Å². The van der Waals surface area contributed by atoms with Gasteiger partial charge >= 0.3 is 0 Å². The fraction of sp³-hybridized carbons (Fsp3) is 0.176. The quantitative estimate of drug-likeness (QED) is 0.761. The number of hydrogen-bond donors (Lipinski definition) is 3. The van der Waals surface area contributed by atoms with Crippen LogP contribution in [0.1, 0.15) is 17.3 Å². The highest BCUT2D eigenvalue weighted by Crippen LogP contribution is 2.15. The highest BCUT2D eigenvalue weighted by Gasteiger charge is 2.09. The van der Waals surface area contributed by atoms with Gasteiger partial charge in [-0.15, -0.1) is 0 Å². The molecule has 0 spiro atoms. The predicted octanol–water partition coefficient (Wildman–Crippen LogP) is 2.77. The summed E-state index contributed by atoms with van der Waals surface area (Å²) in [6.07, 6.45) is 0. The van der Waals surface area contributed by atoms with Gasteiger partial charge in [-0.1, -0.05) is 6.07 Å². The van der Waals surface area contributed by atoms with Crippen LogP contribution < -0.4 is 16.0 Å². The van der Waals surface area contributed by atoms with Gasteiger partial charge in [0.05, 0.1) is 12.2 Å². The lowest BCUT2D eigenvalue weighted by molar-refractivity contribution is -0.114. The molecule has 0 aliphatic heterocycles. The van der Waals surface area contributed by atoms with Crippen molar-refractivity contribution in [3.8, 4) is 0 Å². The van der Waals surface area contributed by atoms with Crippen LogP contribution in [0.15, 0.2) is 42.5 Å². The SMILES string of the molecule is CCNC(=O)c1cccc(NC(=O)CNc2cc(F)ccc2F)c1. The van der Waals surface area contributed by atoms with Crippen molar-refractivity contribution >= 4 is 23.2 Å². The molecule has 0 saturated carbocycles. The number of anilines is 2. The van der Waals surface area contributed by atoms with Crippen LogP contribution in [-0.4, -0.2) is 24.9 Å². The van der Waals surface area contributed by atoms with E-state index in [1.165, 1.54) is 6.07 Å². The first-order valence-electron chi connectivity index (χ1n) is 7.36. The van der Waals surface area contributed by atoms with Crippen LogP contribution in [0, 0.1) is 11.6 Å². The van der Waals surface area contributed by atoms with Crippen LogP contribution in [0.3, 0.4) is 0 Å². The maximum Gasteiger partial charge on any atom is 0.251 e. The average Bonchev–Trinajstić information content (AvgIpc) is 2.56. The molecule has 0 aliphatic rings. The fourth-order valence-electron chi connectivity index (χ4n) is 2.01. The molecule has 0 aromatic heterocycles. The minimum atomic E-state index is -0.651. The molecule has 2 rings (SSSR count). The van der Waals surface area contributed by atoms with Crippen LogP contribution >= 0.6 is 0 Å². The Labute approximate surface area is 138 Å². The Balaban J connectivity index is 1.96. The number of hydrogen-bond acceptors (Lipinski definition) is 3. The van der Waals surface area contributed by atoms with E-state index in [1.807, 2.05) is 0 Å². The molecule has 2 aromatic rings. The van der Waals surface area contributed by atoms with Crippen molar-refractivity contribution in [1.82, 2.24) is 5.32 Å². The van der Waals surface area contributed by atoms with Crippen molar-refractivity contribution < 1.29 is 18.4 Å². The number of amides is 2. The average molecular weight is 333 g/mol. The van der Waals surface area contributed by atoms with Crippen LogP contribution in [0.25, 0.3) is 0 Å². The summed E-state index contributed by atoms with van der Waals surface area (Å²) in [5, 5.41) is 7.77. The largest absolute Gasteiger partial charge is 0.374 e. The van der Waals surface area contributed by atoms with Gasteiger partial charge in [0.1, 0.15) is 11.6 Å². The van der Waals surface area contributed by atoms with E-state index in [1.54, 1.807) is 25.1 Å². The molecular weight excluding hydrogens is 316 g/mol. The van der Waals surface area contributed by atoms with Crippen molar-refractivity contribution in [2.24, 2.45) is 0 Å². The molecule has 0 atom stereocenters. The van der Waals surface area contributed by atoms with Gasteiger partial charge in [0.2, 0.25) is 5.91 Å². The first-order chi connectivity index (χ1) is 11.5. The predicted molar refractivity (Wildman–Crippen MR) is 87.9 cm³/mol. The number of rotatable bonds is 6. The molecular formula is C17H17F2N3O2. The molecule has 0 aliphatic carbocycles. The number of carbonyl (C=O) groups excluding carboxylic acids is 2. The number of halogens is 2. The summed E-state index contributed by atoms with van der Waals surface area (Å²) < 4.78 is 26.5. The highest BCUT2D eigenvalue weighted by molar-refractivity contribution is 5.98. The van der Waals surface area contributed by atoms with Gasteiger partial charge in [0.25, 0.3) is 5.91 Å². The molecule has 0 fully saturated rings. The Hall–Kier alpha value is -2.96. The normalized spacial score (nSPS) is 10.1. The molecule has 0 heterocycles. The van der Waals surface area contributed by atoms with Crippen molar-refractivity contribution in [2.75, 3.05) is 23.7 Å². The van der Waals surface area contributed by atoms with Crippen LogP contribution in [-0.2, 0) is 4.79 Å². The Morgan fingerprint density at radius 3 is 2.62 bits per heavy atom. The minimum absolute atomic E-state index is 0.0961. The summed E-state index contributed by atoms with van der Waals surface area (Å²) in [5.41, 5.74) is 0.755. The van der Waals surface area contributed by atoms with E-state index in [4.69, 9.17) is 0 Å². The summed E-state index contributed by atoms with van der Waals surface area (Å²) in [6.45, 7) is 2.06. The zero-order valence-electron chi connectivity index (χ0n) is 13.0. The lowest BCUT2D eigenvalue weighted by atomic mass is 10.2. The molecule has 0 bridgehead atoms. The molecule has 5 nitrogen and oxygen atoms in total. The molecule has 0 radical (unpaired) electrons. The Bertz CT molecular complexity index is 750. The van der Waals surface area contributed by atoms with Gasteiger partial charge in [-0.2, -0.15) is 0 Å². The van der Waals surface area contributed by atoms with Gasteiger partial charge in [0, 0.05) is 17.8 Å². The van der Waals surface area contributed by atoms with Crippen molar-refractivity contribution in [1.29, 1.82) is 0 Å². The van der Waals surface area contributed by atoms with E-state index in [-0.39, 0.29) is 18.1 Å². The zero-order chi connectivity index (χ0) is 17.5. The third-order valence-electron chi connectivity index (χ3n) is 3.11. The smallest absolute Gasteiger partial charge is 0.251 e. The number of nitrogens with one attached hydrogen (secondary N) is 3.